The van der Waals surface area contributed by atoms with Gasteiger partial charge in [0.25, 0.3) is 11.8 Å². The molecule has 3 amide bonds. The van der Waals surface area contributed by atoms with Gasteiger partial charge in [-0.3, -0.25) is 19.3 Å². The molecule has 0 aliphatic carbocycles. The number of carbonyl (C=O) groups is 5. The number of hydrogen-bond acceptors (Lipinski definition) is 6. The number of ether oxygens (including phenoxy) is 1. The van der Waals surface area contributed by atoms with Gasteiger partial charge >= 0.3 is 5.97 Å². The number of esters is 1. The molecular formula is C23H22N2O6. The molecule has 160 valence electrons. The molecule has 0 spiro atoms. The third kappa shape index (κ3) is 4.85. The van der Waals surface area contributed by atoms with Gasteiger partial charge in [-0.25, -0.2) is 4.79 Å². The second kappa shape index (κ2) is 9.80. The zero-order valence-corrected chi connectivity index (χ0v) is 16.9. The first-order valence-electron chi connectivity index (χ1n) is 9.91. The van der Waals surface area contributed by atoms with Gasteiger partial charge in [0.05, 0.1) is 11.1 Å². The quantitative estimate of drug-likeness (QED) is 0.218. The summed E-state index contributed by atoms with van der Waals surface area (Å²) in [5, 5.41) is 2.52. The van der Waals surface area contributed by atoms with Gasteiger partial charge in [-0.05, 0) is 44.0 Å². The van der Waals surface area contributed by atoms with Crippen molar-refractivity contribution in [2.24, 2.45) is 0 Å². The van der Waals surface area contributed by atoms with Crippen molar-refractivity contribution >= 4 is 30.0 Å². The van der Waals surface area contributed by atoms with Crippen molar-refractivity contribution in [2.75, 3.05) is 0 Å². The Kier molecular flexibility index (Phi) is 6.92. The van der Waals surface area contributed by atoms with Crippen molar-refractivity contribution in [3.05, 3.63) is 65.7 Å². The van der Waals surface area contributed by atoms with E-state index in [1.807, 2.05) is 0 Å². The van der Waals surface area contributed by atoms with Crippen molar-refractivity contribution < 1.29 is 28.7 Å². The number of rotatable bonds is 9. The van der Waals surface area contributed by atoms with E-state index in [0.717, 1.165) is 4.90 Å². The van der Waals surface area contributed by atoms with E-state index in [9.17, 15) is 24.0 Å². The molecule has 1 N–H and O–H groups in total. The Morgan fingerprint density at radius 2 is 1.58 bits per heavy atom. The molecule has 2 atom stereocenters. The first kappa shape index (κ1) is 21.9. The molecule has 8 heteroatoms. The molecule has 0 bridgehead atoms. The molecule has 0 radical (unpaired) electrons. The number of nitrogens with one attached hydrogen (secondary N) is 1. The second-order valence-corrected chi connectivity index (χ2v) is 7.10. The Labute approximate surface area is 179 Å². The van der Waals surface area contributed by atoms with Gasteiger partial charge in [0.1, 0.15) is 24.1 Å². The highest BCUT2D eigenvalue weighted by Gasteiger charge is 2.42. The molecule has 0 saturated heterocycles. The summed E-state index contributed by atoms with van der Waals surface area (Å²) in [5.41, 5.74) is 0.439. The third-order valence-corrected chi connectivity index (χ3v) is 4.91. The molecule has 1 heterocycles. The van der Waals surface area contributed by atoms with E-state index in [0.29, 0.717) is 18.5 Å². The van der Waals surface area contributed by atoms with Crippen molar-refractivity contribution in [2.45, 2.75) is 38.3 Å². The minimum Gasteiger partial charge on any atom is -0.425 e. The predicted octanol–water partition coefficient (Wildman–Crippen LogP) is 2.13. The molecule has 8 nitrogen and oxygen atoms in total. The molecule has 1 unspecified atom stereocenters. The SMILES string of the molecule is CC(NC(=O)[C@@H](CCCC=O)N1C(=O)c2ccccc2C1=O)C(=O)Oc1ccccc1. The topological polar surface area (TPSA) is 110 Å². The van der Waals surface area contributed by atoms with Crippen LogP contribution in [0.15, 0.2) is 54.6 Å². The maximum atomic E-state index is 13.0. The number of benzene rings is 2. The Bertz CT molecular complexity index is 969. The lowest BCUT2D eigenvalue weighted by molar-refractivity contribution is -0.139. The largest absolute Gasteiger partial charge is 0.425 e. The van der Waals surface area contributed by atoms with Crippen molar-refractivity contribution in [3.8, 4) is 5.75 Å². The van der Waals surface area contributed by atoms with Crippen molar-refractivity contribution in [3.63, 3.8) is 0 Å². The van der Waals surface area contributed by atoms with Gasteiger partial charge in [0.15, 0.2) is 0 Å². The zero-order chi connectivity index (χ0) is 22.4. The number of imide groups is 1. The van der Waals surface area contributed by atoms with Gasteiger partial charge in [-0.2, -0.15) is 0 Å². The van der Waals surface area contributed by atoms with Gasteiger partial charge in [0, 0.05) is 6.42 Å². The summed E-state index contributed by atoms with van der Waals surface area (Å²) in [5.74, 6) is -2.18. The Balaban J connectivity index is 1.75. The van der Waals surface area contributed by atoms with Crippen LogP contribution in [-0.4, -0.2) is 47.0 Å². The maximum absolute atomic E-state index is 13.0. The van der Waals surface area contributed by atoms with E-state index < -0.39 is 35.8 Å². The standard InChI is InChI=1S/C23H22N2O6/c1-15(23(30)31-16-9-3-2-4-10-16)24-20(27)19(13-7-8-14-26)25-21(28)17-11-5-6-12-18(17)22(25)29/h2-6,9-12,14-15,19H,7-8,13H2,1H3,(H,24,27)/t15?,19-/m1/s1. The normalized spacial score (nSPS) is 14.5. The Morgan fingerprint density at radius 1 is 1.00 bits per heavy atom. The monoisotopic (exact) mass is 422 g/mol. The highest BCUT2D eigenvalue weighted by atomic mass is 16.5. The number of hydrogen-bond donors (Lipinski definition) is 1. The summed E-state index contributed by atoms with van der Waals surface area (Å²) in [6.45, 7) is 1.45. The highest BCUT2D eigenvalue weighted by molar-refractivity contribution is 6.22. The average Bonchev–Trinajstić information content (AvgIpc) is 3.02. The number of nitrogens with zero attached hydrogens (tertiary/aromatic N) is 1. The summed E-state index contributed by atoms with van der Waals surface area (Å²) in [6, 6.07) is 12.5. The molecule has 2 aromatic rings. The van der Waals surface area contributed by atoms with Crippen LogP contribution in [0.4, 0.5) is 0 Å². The number of unbranched alkanes of at least 4 members (excludes halogenated alkanes) is 1. The van der Waals surface area contributed by atoms with E-state index in [1.54, 1.807) is 42.5 Å². The molecule has 1 aliphatic heterocycles. The first-order valence-corrected chi connectivity index (χ1v) is 9.91. The van der Waals surface area contributed by atoms with Gasteiger partial charge in [0.2, 0.25) is 5.91 Å². The lowest BCUT2D eigenvalue weighted by atomic mass is 10.1. The van der Waals surface area contributed by atoms with E-state index >= 15 is 0 Å². The van der Waals surface area contributed by atoms with Crippen LogP contribution >= 0.6 is 0 Å². The van der Waals surface area contributed by atoms with Crippen molar-refractivity contribution in [1.82, 2.24) is 10.2 Å². The smallest absolute Gasteiger partial charge is 0.333 e. The fourth-order valence-corrected chi connectivity index (χ4v) is 3.32. The predicted molar refractivity (Wildman–Crippen MR) is 110 cm³/mol. The van der Waals surface area contributed by atoms with Crippen LogP contribution in [0.25, 0.3) is 0 Å². The van der Waals surface area contributed by atoms with Crippen LogP contribution in [0.1, 0.15) is 46.9 Å². The van der Waals surface area contributed by atoms with Crippen LogP contribution in [-0.2, 0) is 14.4 Å². The fraction of sp³-hybridized carbons (Fsp3) is 0.261. The van der Waals surface area contributed by atoms with Crippen LogP contribution in [0, 0.1) is 0 Å². The number of amides is 3. The molecule has 0 fully saturated rings. The Hall–Kier alpha value is -3.81. The minimum atomic E-state index is -1.15. The average molecular weight is 422 g/mol. The van der Waals surface area contributed by atoms with Crippen LogP contribution in [0.3, 0.4) is 0 Å². The molecule has 3 rings (SSSR count). The number of aldehydes is 1. The number of carbonyl (C=O) groups excluding carboxylic acids is 5. The summed E-state index contributed by atoms with van der Waals surface area (Å²) in [6.07, 6.45) is 1.28. The van der Waals surface area contributed by atoms with Gasteiger partial charge < -0.3 is 14.8 Å². The van der Waals surface area contributed by atoms with Crippen molar-refractivity contribution in [1.29, 1.82) is 0 Å². The van der Waals surface area contributed by atoms with Gasteiger partial charge in [-0.15, -0.1) is 0 Å². The summed E-state index contributed by atoms with van der Waals surface area (Å²) < 4.78 is 5.23. The molecule has 0 aromatic heterocycles. The molecule has 31 heavy (non-hydrogen) atoms. The third-order valence-electron chi connectivity index (χ3n) is 4.91. The van der Waals surface area contributed by atoms with Crippen LogP contribution in [0.2, 0.25) is 0 Å². The van der Waals surface area contributed by atoms with E-state index in [1.165, 1.54) is 19.1 Å². The molecule has 2 aromatic carbocycles. The minimum absolute atomic E-state index is 0.0937. The maximum Gasteiger partial charge on any atom is 0.333 e. The van der Waals surface area contributed by atoms with Crippen LogP contribution in [0.5, 0.6) is 5.75 Å². The summed E-state index contributed by atoms with van der Waals surface area (Å²) in [7, 11) is 0. The number of para-hydroxylation sites is 1. The van der Waals surface area contributed by atoms with Crippen LogP contribution < -0.4 is 10.1 Å². The fourth-order valence-electron chi connectivity index (χ4n) is 3.32. The molecule has 1 aliphatic rings. The van der Waals surface area contributed by atoms with E-state index in [-0.39, 0.29) is 24.0 Å². The van der Waals surface area contributed by atoms with Gasteiger partial charge in [-0.1, -0.05) is 30.3 Å². The molecular weight excluding hydrogens is 400 g/mol. The summed E-state index contributed by atoms with van der Waals surface area (Å²) >= 11 is 0. The zero-order valence-electron chi connectivity index (χ0n) is 16.9. The lowest BCUT2D eigenvalue weighted by Crippen LogP contribution is -2.53. The summed E-state index contributed by atoms with van der Waals surface area (Å²) in [4.78, 5) is 62.5. The number of fused-ring (bicyclic) bond motifs is 1. The lowest BCUT2D eigenvalue weighted by Gasteiger charge is -2.26. The molecule has 0 saturated carbocycles. The Morgan fingerprint density at radius 3 is 2.16 bits per heavy atom. The first-order chi connectivity index (χ1) is 14.9. The van der Waals surface area contributed by atoms with E-state index in [4.69, 9.17) is 4.74 Å². The highest BCUT2D eigenvalue weighted by Crippen LogP contribution is 2.26. The second-order valence-electron chi connectivity index (χ2n) is 7.10. The van der Waals surface area contributed by atoms with E-state index in [2.05, 4.69) is 5.32 Å².